The van der Waals surface area contributed by atoms with Crippen LogP contribution in [0, 0.1) is 5.41 Å². The molecule has 3 nitrogen and oxygen atoms in total. The van der Waals surface area contributed by atoms with Crippen LogP contribution in [0.2, 0.25) is 0 Å². The molecule has 1 atom stereocenters. The summed E-state index contributed by atoms with van der Waals surface area (Å²) in [6.07, 6.45) is 4.46. The molecule has 0 saturated carbocycles. The predicted molar refractivity (Wildman–Crippen MR) is 85.4 cm³/mol. The Morgan fingerprint density at radius 1 is 1.40 bits per heavy atom. The average Bonchev–Trinajstić information content (AvgIpc) is 2.45. The van der Waals surface area contributed by atoms with Gasteiger partial charge >= 0.3 is 0 Å². The fourth-order valence-electron chi connectivity index (χ4n) is 2.66. The lowest BCUT2D eigenvalue weighted by Crippen LogP contribution is -2.52. The summed E-state index contributed by atoms with van der Waals surface area (Å²) < 4.78 is 0. The minimum absolute atomic E-state index is 0.0147. The summed E-state index contributed by atoms with van der Waals surface area (Å²) in [6.45, 7) is 6.27. The average molecular weight is 292 g/mol. The molecule has 0 spiro atoms. The first-order valence-corrected chi connectivity index (χ1v) is 8.41. The maximum atomic E-state index is 12.2. The van der Waals surface area contributed by atoms with E-state index >= 15 is 0 Å². The van der Waals surface area contributed by atoms with E-state index in [2.05, 4.69) is 24.5 Å². The van der Waals surface area contributed by atoms with Gasteiger partial charge in [0.15, 0.2) is 0 Å². The van der Waals surface area contributed by atoms with Gasteiger partial charge in [-0.1, -0.05) is 13.8 Å². The van der Waals surface area contributed by atoms with Crippen molar-refractivity contribution >= 4 is 17.7 Å². The van der Waals surface area contributed by atoms with Crippen LogP contribution in [-0.4, -0.2) is 31.3 Å². The smallest absolute Gasteiger partial charge is 0.251 e. The van der Waals surface area contributed by atoms with Crippen molar-refractivity contribution in [1.82, 2.24) is 10.6 Å². The zero-order valence-corrected chi connectivity index (χ0v) is 13.3. The highest BCUT2D eigenvalue weighted by Crippen LogP contribution is 2.29. The first-order valence-electron chi connectivity index (χ1n) is 7.18. The summed E-state index contributed by atoms with van der Waals surface area (Å²) in [5.74, 6) is 0.0147. The normalized spacial score (nSPS) is 21.4. The van der Waals surface area contributed by atoms with E-state index in [1.54, 1.807) is 11.8 Å². The quantitative estimate of drug-likeness (QED) is 0.838. The Morgan fingerprint density at radius 3 is 2.70 bits per heavy atom. The van der Waals surface area contributed by atoms with Crippen molar-refractivity contribution in [3.8, 4) is 0 Å². The number of carbonyl (C=O) groups is 1. The molecule has 1 fully saturated rings. The molecule has 1 aliphatic heterocycles. The van der Waals surface area contributed by atoms with E-state index in [4.69, 9.17) is 0 Å². The van der Waals surface area contributed by atoms with Crippen LogP contribution in [0.15, 0.2) is 29.2 Å². The fourth-order valence-corrected chi connectivity index (χ4v) is 3.07. The number of hydrogen-bond donors (Lipinski definition) is 2. The Morgan fingerprint density at radius 2 is 2.10 bits per heavy atom. The Balaban J connectivity index is 1.91. The number of nitrogens with one attached hydrogen (secondary N) is 2. The number of thioether (sulfide) groups is 1. The van der Waals surface area contributed by atoms with E-state index < -0.39 is 0 Å². The maximum absolute atomic E-state index is 12.2. The van der Waals surface area contributed by atoms with Crippen LogP contribution >= 0.6 is 11.8 Å². The second-order valence-corrected chi connectivity index (χ2v) is 6.92. The van der Waals surface area contributed by atoms with Crippen molar-refractivity contribution in [2.75, 3.05) is 19.3 Å². The number of benzene rings is 1. The molecule has 0 bridgehead atoms. The minimum atomic E-state index is 0.0147. The van der Waals surface area contributed by atoms with Crippen LogP contribution in [-0.2, 0) is 0 Å². The van der Waals surface area contributed by atoms with Gasteiger partial charge in [-0.05, 0) is 55.3 Å². The highest BCUT2D eigenvalue weighted by molar-refractivity contribution is 7.98. The van der Waals surface area contributed by atoms with Crippen molar-refractivity contribution in [3.05, 3.63) is 29.8 Å². The Labute approximate surface area is 125 Å². The molecule has 1 aromatic carbocycles. The predicted octanol–water partition coefficient (Wildman–Crippen LogP) is 2.92. The number of hydrogen-bond acceptors (Lipinski definition) is 3. The molecule has 2 rings (SSSR count). The number of piperidine rings is 1. The van der Waals surface area contributed by atoms with Crippen molar-refractivity contribution in [2.24, 2.45) is 5.41 Å². The third kappa shape index (κ3) is 3.76. The summed E-state index contributed by atoms with van der Waals surface area (Å²) >= 11 is 1.68. The van der Waals surface area contributed by atoms with Crippen LogP contribution in [0.4, 0.5) is 0 Å². The van der Waals surface area contributed by atoms with E-state index in [9.17, 15) is 4.79 Å². The zero-order chi connectivity index (χ0) is 14.6. The molecule has 1 aromatic rings. The summed E-state index contributed by atoms with van der Waals surface area (Å²) in [7, 11) is 0. The van der Waals surface area contributed by atoms with Gasteiger partial charge in [0.2, 0.25) is 0 Å². The fraction of sp³-hybridized carbons (Fsp3) is 0.562. The van der Waals surface area contributed by atoms with Crippen molar-refractivity contribution in [2.45, 2.75) is 37.6 Å². The van der Waals surface area contributed by atoms with Crippen molar-refractivity contribution < 1.29 is 4.79 Å². The lowest BCUT2D eigenvalue weighted by molar-refractivity contribution is 0.0929. The molecule has 20 heavy (non-hydrogen) atoms. The van der Waals surface area contributed by atoms with Gasteiger partial charge in [0, 0.05) is 23.0 Å². The Kier molecular flexibility index (Phi) is 5.11. The van der Waals surface area contributed by atoms with Gasteiger partial charge in [0.05, 0.1) is 0 Å². The number of rotatable bonds is 4. The van der Waals surface area contributed by atoms with E-state index in [0.717, 1.165) is 12.1 Å². The summed E-state index contributed by atoms with van der Waals surface area (Å²) in [5, 5.41) is 6.57. The van der Waals surface area contributed by atoms with Crippen LogP contribution in [0.3, 0.4) is 0 Å². The SMILES string of the molecule is CSc1ccc(C(=O)NCC2NCCCC2(C)C)cc1. The standard InChI is InChI=1S/C16H24N2OS/c1-16(2)9-4-10-17-14(16)11-18-15(19)12-5-7-13(20-3)8-6-12/h5-8,14,17H,4,9-11H2,1-3H3,(H,18,19). The van der Waals surface area contributed by atoms with E-state index in [1.165, 1.54) is 17.7 Å². The Hall–Kier alpha value is -1.00. The molecule has 1 unspecified atom stereocenters. The van der Waals surface area contributed by atoms with Gasteiger partial charge in [-0.25, -0.2) is 0 Å². The van der Waals surface area contributed by atoms with Crippen molar-refractivity contribution in [3.63, 3.8) is 0 Å². The highest BCUT2D eigenvalue weighted by atomic mass is 32.2. The number of amides is 1. The van der Waals surface area contributed by atoms with Crippen LogP contribution < -0.4 is 10.6 Å². The molecule has 1 saturated heterocycles. The Bertz CT molecular complexity index is 456. The molecular weight excluding hydrogens is 268 g/mol. The largest absolute Gasteiger partial charge is 0.350 e. The third-order valence-corrected chi connectivity index (χ3v) is 4.89. The van der Waals surface area contributed by atoms with Crippen LogP contribution in [0.25, 0.3) is 0 Å². The van der Waals surface area contributed by atoms with Crippen LogP contribution in [0.1, 0.15) is 37.0 Å². The zero-order valence-electron chi connectivity index (χ0n) is 12.5. The van der Waals surface area contributed by atoms with Crippen LogP contribution in [0.5, 0.6) is 0 Å². The summed E-state index contributed by atoms with van der Waals surface area (Å²) in [5.41, 5.74) is 0.977. The third-order valence-electron chi connectivity index (χ3n) is 4.15. The van der Waals surface area contributed by atoms with E-state index in [0.29, 0.717) is 12.6 Å². The van der Waals surface area contributed by atoms with Gasteiger partial charge in [-0.3, -0.25) is 4.79 Å². The molecule has 1 heterocycles. The topological polar surface area (TPSA) is 41.1 Å². The highest BCUT2D eigenvalue weighted by Gasteiger charge is 2.31. The molecule has 4 heteroatoms. The van der Waals surface area contributed by atoms with Gasteiger partial charge in [-0.2, -0.15) is 0 Å². The summed E-state index contributed by atoms with van der Waals surface area (Å²) in [4.78, 5) is 13.3. The first kappa shape index (κ1) is 15.4. The molecule has 110 valence electrons. The second-order valence-electron chi connectivity index (χ2n) is 6.04. The van der Waals surface area contributed by atoms with Gasteiger partial charge in [0.25, 0.3) is 5.91 Å². The van der Waals surface area contributed by atoms with E-state index in [1.807, 2.05) is 30.5 Å². The van der Waals surface area contributed by atoms with E-state index in [-0.39, 0.29) is 11.3 Å². The molecule has 1 amide bonds. The monoisotopic (exact) mass is 292 g/mol. The first-order chi connectivity index (χ1) is 9.53. The lowest BCUT2D eigenvalue weighted by Gasteiger charge is -2.39. The molecule has 2 N–H and O–H groups in total. The molecule has 0 aliphatic carbocycles. The van der Waals surface area contributed by atoms with Gasteiger partial charge in [-0.15, -0.1) is 11.8 Å². The number of carbonyl (C=O) groups excluding carboxylic acids is 1. The minimum Gasteiger partial charge on any atom is -0.350 e. The van der Waals surface area contributed by atoms with Gasteiger partial charge in [0.1, 0.15) is 0 Å². The van der Waals surface area contributed by atoms with Gasteiger partial charge < -0.3 is 10.6 Å². The molecule has 0 aromatic heterocycles. The molecule has 1 aliphatic rings. The molecular formula is C16H24N2OS. The lowest BCUT2D eigenvalue weighted by atomic mass is 9.77. The summed E-state index contributed by atoms with van der Waals surface area (Å²) in [6, 6.07) is 8.11. The molecule has 0 radical (unpaired) electrons. The van der Waals surface area contributed by atoms with Crippen molar-refractivity contribution in [1.29, 1.82) is 0 Å². The second kappa shape index (κ2) is 6.64. The maximum Gasteiger partial charge on any atom is 0.251 e.